The van der Waals surface area contributed by atoms with E-state index in [1.165, 1.54) is 0 Å². The van der Waals surface area contributed by atoms with Crippen molar-refractivity contribution < 1.29 is 17.2 Å². The summed E-state index contributed by atoms with van der Waals surface area (Å²) in [5, 5.41) is 2.34. The van der Waals surface area contributed by atoms with Crippen LogP contribution in [0.15, 0.2) is 16.6 Å². The number of nitrogens with one attached hydrogen (secondary N) is 2. The minimum atomic E-state index is -3.72. The Morgan fingerprint density at radius 3 is 2.68 bits per heavy atom. The fourth-order valence-electron chi connectivity index (χ4n) is 1.92. The third-order valence-electron chi connectivity index (χ3n) is 2.95. The molecule has 0 saturated carbocycles. The van der Waals surface area contributed by atoms with Crippen molar-refractivity contribution in [3.05, 3.63) is 28.2 Å². The lowest BCUT2D eigenvalue weighted by Crippen LogP contribution is -2.41. The molecule has 0 radical (unpaired) electrons. The quantitative estimate of drug-likeness (QED) is 0.818. The van der Waals surface area contributed by atoms with E-state index in [0.717, 1.165) is 25.1 Å². The summed E-state index contributed by atoms with van der Waals surface area (Å²) in [5.41, 5.74) is -0.369. The molecule has 0 amide bonds. The number of piperidine rings is 1. The van der Waals surface area contributed by atoms with Gasteiger partial charge in [0.1, 0.15) is 11.6 Å². The van der Waals surface area contributed by atoms with Crippen LogP contribution in [-0.4, -0.2) is 26.8 Å². The summed E-state index contributed by atoms with van der Waals surface area (Å²) in [6.45, 7) is 1.09. The second-order valence-corrected chi connectivity index (χ2v) is 7.18. The molecule has 0 spiro atoms. The Labute approximate surface area is 118 Å². The Balaban J connectivity index is 2.22. The summed E-state index contributed by atoms with van der Waals surface area (Å²) in [7, 11) is -3.72. The largest absolute Gasteiger partial charge is 0.315 e. The molecule has 4 nitrogen and oxygen atoms in total. The first-order valence-electron chi connectivity index (χ1n) is 5.77. The van der Waals surface area contributed by atoms with Gasteiger partial charge in [-0.1, -0.05) is 0 Å². The Kier molecular flexibility index (Phi) is 4.42. The molecule has 8 heteroatoms. The second kappa shape index (κ2) is 5.72. The molecule has 1 saturated heterocycles. The fraction of sp³-hybridized carbons (Fsp3) is 0.455. The summed E-state index contributed by atoms with van der Waals surface area (Å²) in [4.78, 5) is 0. The predicted molar refractivity (Wildman–Crippen MR) is 72.5 cm³/mol. The molecule has 19 heavy (non-hydrogen) atoms. The third-order valence-corrected chi connectivity index (χ3v) is 5.34. The van der Waals surface area contributed by atoms with E-state index in [0.29, 0.717) is 13.0 Å². The molecule has 106 valence electrons. The van der Waals surface area contributed by atoms with Crippen LogP contribution in [0.3, 0.4) is 0 Å². The summed E-state index contributed by atoms with van der Waals surface area (Å²) in [5.74, 6) is -1.54. The maximum Gasteiger partial charge on any atom is 0.236 e. The Morgan fingerprint density at radius 1 is 1.32 bits per heavy atom. The minimum absolute atomic E-state index is 0.0488. The summed E-state index contributed by atoms with van der Waals surface area (Å²) in [6, 6.07) is 1.72. The average molecular weight is 355 g/mol. The lowest BCUT2D eigenvalue weighted by Gasteiger charge is -2.23. The highest BCUT2D eigenvalue weighted by atomic mass is 79.9. The summed E-state index contributed by atoms with van der Waals surface area (Å²) >= 11 is 2.83. The van der Waals surface area contributed by atoms with Crippen LogP contribution in [0, 0.1) is 11.6 Å². The normalized spacial score (nSPS) is 20.3. The maximum atomic E-state index is 13.6. The van der Waals surface area contributed by atoms with Crippen LogP contribution in [0.25, 0.3) is 0 Å². The van der Waals surface area contributed by atoms with Gasteiger partial charge < -0.3 is 5.32 Å². The SMILES string of the molecule is O=S(=O)(Nc1cc(F)c(Br)cc1F)C1CCCNC1. The Morgan fingerprint density at radius 2 is 2.05 bits per heavy atom. The van der Waals surface area contributed by atoms with Gasteiger partial charge in [-0.25, -0.2) is 17.2 Å². The smallest absolute Gasteiger partial charge is 0.236 e. The van der Waals surface area contributed by atoms with E-state index in [9.17, 15) is 17.2 Å². The summed E-state index contributed by atoms with van der Waals surface area (Å²) < 4.78 is 53.1. The van der Waals surface area contributed by atoms with Crippen LogP contribution in [0.1, 0.15) is 12.8 Å². The molecule has 0 aliphatic carbocycles. The van der Waals surface area contributed by atoms with Crippen LogP contribution in [0.5, 0.6) is 0 Å². The van der Waals surface area contributed by atoms with Gasteiger partial charge in [-0.2, -0.15) is 0 Å². The van der Waals surface area contributed by atoms with Crippen LogP contribution >= 0.6 is 15.9 Å². The van der Waals surface area contributed by atoms with E-state index in [1.54, 1.807) is 0 Å². The number of hydrogen-bond donors (Lipinski definition) is 2. The standard InChI is InChI=1S/C11H13BrF2N2O2S/c12-8-4-10(14)11(5-9(8)13)16-19(17,18)7-2-1-3-15-6-7/h4-5,7,15-16H,1-3,6H2. The molecular weight excluding hydrogens is 342 g/mol. The zero-order valence-electron chi connectivity index (χ0n) is 9.92. The van der Waals surface area contributed by atoms with Crippen molar-refractivity contribution in [1.82, 2.24) is 5.32 Å². The molecule has 0 aromatic heterocycles. The zero-order chi connectivity index (χ0) is 14.0. The van der Waals surface area contributed by atoms with Crippen molar-refractivity contribution in [2.45, 2.75) is 18.1 Å². The van der Waals surface area contributed by atoms with Crippen molar-refractivity contribution in [2.24, 2.45) is 0 Å². The molecule has 1 aromatic rings. The van der Waals surface area contributed by atoms with Crippen LogP contribution in [-0.2, 0) is 10.0 Å². The van der Waals surface area contributed by atoms with Crippen molar-refractivity contribution >= 4 is 31.6 Å². The van der Waals surface area contributed by atoms with Gasteiger partial charge in [-0.05, 0) is 41.4 Å². The molecular formula is C11H13BrF2N2O2S. The average Bonchev–Trinajstić information content (AvgIpc) is 2.37. The van der Waals surface area contributed by atoms with Gasteiger partial charge >= 0.3 is 0 Å². The van der Waals surface area contributed by atoms with Crippen LogP contribution in [0.4, 0.5) is 14.5 Å². The lowest BCUT2D eigenvalue weighted by atomic mass is 10.2. The van der Waals surface area contributed by atoms with Gasteiger partial charge in [0, 0.05) is 12.6 Å². The fourth-order valence-corrected chi connectivity index (χ4v) is 3.68. The lowest BCUT2D eigenvalue weighted by molar-refractivity contribution is 0.499. The van der Waals surface area contributed by atoms with Gasteiger partial charge in [-0.3, -0.25) is 4.72 Å². The first-order valence-corrected chi connectivity index (χ1v) is 8.11. The van der Waals surface area contributed by atoms with Crippen LogP contribution in [0.2, 0.25) is 0 Å². The van der Waals surface area contributed by atoms with E-state index in [-0.39, 0.29) is 10.2 Å². The summed E-state index contributed by atoms with van der Waals surface area (Å²) in [6.07, 6.45) is 1.24. The Hall–Kier alpha value is -0.730. The van der Waals surface area contributed by atoms with Gasteiger partial charge in [-0.15, -0.1) is 0 Å². The van der Waals surface area contributed by atoms with Gasteiger partial charge in [0.2, 0.25) is 10.0 Å². The minimum Gasteiger partial charge on any atom is -0.315 e. The second-order valence-electron chi connectivity index (χ2n) is 4.36. The highest BCUT2D eigenvalue weighted by Crippen LogP contribution is 2.25. The maximum absolute atomic E-state index is 13.6. The molecule has 1 fully saturated rings. The number of sulfonamides is 1. The van der Waals surface area contributed by atoms with Crippen molar-refractivity contribution in [1.29, 1.82) is 0 Å². The molecule has 1 aromatic carbocycles. The van der Waals surface area contributed by atoms with Gasteiger partial charge in [0.15, 0.2) is 0 Å². The molecule has 1 aliphatic heterocycles. The zero-order valence-corrected chi connectivity index (χ0v) is 12.3. The molecule has 1 heterocycles. The molecule has 2 rings (SSSR count). The molecule has 1 atom stereocenters. The first-order chi connectivity index (χ1) is 8.90. The first kappa shape index (κ1) is 14.7. The van der Waals surface area contributed by atoms with Gasteiger partial charge in [0.05, 0.1) is 15.4 Å². The number of benzene rings is 1. The number of halogens is 3. The van der Waals surface area contributed by atoms with E-state index >= 15 is 0 Å². The highest BCUT2D eigenvalue weighted by molar-refractivity contribution is 9.10. The van der Waals surface area contributed by atoms with E-state index in [4.69, 9.17) is 0 Å². The third kappa shape index (κ3) is 3.43. The number of hydrogen-bond acceptors (Lipinski definition) is 3. The van der Waals surface area contributed by atoms with E-state index in [2.05, 4.69) is 26.0 Å². The monoisotopic (exact) mass is 354 g/mol. The Bertz CT molecular complexity index is 574. The van der Waals surface area contributed by atoms with E-state index < -0.39 is 26.9 Å². The number of rotatable bonds is 3. The highest BCUT2D eigenvalue weighted by Gasteiger charge is 2.28. The van der Waals surface area contributed by atoms with Gasteiger partial charge in [0.25, 0.3) is 0 Å². The van der Waals surface area contributed by atoms with Crippen molar-refractivity contribution in [3.8, 4) is 0 Å². The van der Waals surface area contributed by atoms with Crippen LogP contribution < -0.4 is 10.0 Å². The topological polar surface area (TPSA) is 58.2 Å². The molecule has 1 unspecified atom stereocenters. The molecule has 2 N–H and O–H groups in total. The van der Waals surface area contributed by atoms with Crippen molar-refractivity contribution in [2.75, 3.05) is 17.8 Å². The molecule has 1 aliphatic rings. The molecule has 0 bridgehead atoms. The predicted octanol–water partition coefficient (Wildman–Crippen LogP) is 2.22. The number of anilines is 1. The van der Waals surface area contributed by atoms with E-state index in [1.807, 2.05) is 0 Å². The van der Waals surface area contributed by atoms with Crippen molar-refractivity contribution in [3.63, 3.8) is 0 Å².